The minimum atomic E-state index is -0.661. The molecule has 22 heavy (non-hydrogen) atoms. The molecule has 3 rings (SSSR count). The molecule has 0 saturated heterocycles. The van der Waals surface area contributed by atoms with E-state index >= 15 is 0 Å². The Balaban J connectivity index is 2.04. The molecule has 1 aromatic rings. The summed E-state index contributed by atoms with van der Waals surface area (Å²) in [6.45, 7) is 1.86. The van der Waals surface area contributed by atoms with Gasteiger partial charge in [-0.1, -0.05) is 6.07 Å². The zero-order chi connectivity index (χ0) is 16.1. The van der Waals surface area contributed by atoms with E-state index in [9.17, 15) is 4.79 Å². The van der Waals surface area contributed by atoms with E-state index in [-0.39, 0.29) is 11.8 Å². The van der Waals surface area contributed by atoms with Crippen molar-refractivity contribution in [2.24, 2.45) is 4.99 Å². The molecule has 1 aliphatic heterocycles. The van der Waals surface area contributed by atoms with Gasteiger partial charge in [0.2, 0.25) is 5.75 Å². The van der Waals surface area contributed by atoms with Crippen molar-refractivity contribution in [1.82, 2.24) is 4.90 Å². The van der Waals surface area contributed by atoms with E-state index in [0.717, 1.165) is 11.4 Å². The lowest BCUT2D eigenvalue weighted by Gasteiger charge is -2.16. The third kappa shape index (κ3) is 1.79. The second-order valence-electron chi connectivity index (χ2n) is 5.63. The summed E-state index contributed by atoms with van der Waals surface area (Å²) in [4.78, 5) is 18.7. The number of amides is 1. The summed E-state index contributed by atoms with van der Waals surface area (Å²) in [6, 6.07) is 3.76. The predicted molar refractivity (Wildman–Crippen MR) is 82.1 cm³/mol. The first-order chi connectivity index (χ1) is 10.5. The summed E-state index contributed by atoms with van der Waals surface area (Å²) in [6.07, 6.45) is 0.694. The van der Waals surface area contributed by atoms with Crippen molar-refractivity contribution < 1.29 is 19.0 Å². The first-order valence-electron chi connectivity index (χ1n) is 7.13. The summed E-state index contributed by atoms with van der Waals surface area (Å²) in [5.41, 5.74) is 0.270. The molecule has 2 unspecified atom stereocenters. The van der Waals surface area contributed by atoms with Gasteiger partial charge in [-0.2, -0.15) is 0 Å². The monoisotopic (exact) mass is 304 g/mol. The molecule has 1 aliphatic carbocycles. The van der Waals surface area contributed by atoms with Crippen molar-refractivity contribution in [2.75, 3.05) is 28.4 Å². The van der Waals surface area contributed by atoms with Crippen LogP contribution < -0.4 is 14.2 Å². The Morgan fingerprint density at radius 1 is 1.18 bits per heavy atom. The Bertz CT molecular complexity index is 670. The van der Waals surface area contributed by atoms with Gasteiger partial charge in [0.25, 0.3) is 5.91 Å². The lowest BCUT2D eigenvalue weighted by Crippen LogP contribution is -2.32. The van der Waals surface area contributed by atoms with E-state index in [1.54, 1.807) is 33.3 Å². The van der Waals surface area contributed by atoms with Gasteiger partial charge >= 0.3 is 0 Å². The molecule has 2 aliphatic rings. The number of carbonyl (C=O) groups is 1. The van der Waals surface area contributed by atoms with Crippen LogP contribution in [0.4, 0.5) is 0 Å². The molecular formula is C16H20N2O4. The van der Waals surface area contributed by atoms with Crippen molar-refractivity contribution in [2.45, 2.75) is 24.8 Å². The largest absolute Gasteiger partial charge is 0.493 e. The molecule has 0 aromatic heterocycles. The zero-order valence-corrected chi connectivity index (χ0v) is 13.5. The molecule has 1 amide bonds. The highest BCUT2D eigenvalue weighted by Gasteiger charge is 2.65. The number of aliphatic imine (C=N–C) groups is 1. The van der Waals surface area contributed by atoms with Gasteiger partial charge in [-0.15, -0.1) is 0 Å². The van der Waals surface area contributed by atoms with Crippen LogP contribution in [0, 0.1) is 0 Å². The molecule has 1 fully saturated rings. The van der Waals surface area contributed by atoms with E-state index in [2.05, 4.69) is 4.99 Å². The molecule has 0 N–H and O–H groups in total. The number of hydrogen-bond acceptors (Lipinski definition) is 5. The van der Waals surface area contributed by atoms with Gasteiger partial charge in [-0.05, 0) is 19.4 Å². The van der Waals surface area contributed by atoms with Gasteiger partial charge < -0.3 is 19.1 Å². The van der Waals surface area contributed by atoms with Crippen molar-refractivity contribution in [3.8, 4) is 17.2 Å². The van der Waals surface area contributed by atoms with Gasteiger partial charge in [0.05, 0.1) is 21.3 Å². The van der Waals surface area contributed by atoms with E-state index in [4.69, 9.17) is 14.2 Å². The van der Waals surface area contributed by atoms with Crippen LogP contribution in [-0.2, 0) is 4.79 Å². The van der Waals surface area contributed by atoms with Gasteiger partial charge in [0.15, 0.2) is 11.5 Å². The number of benzene rings is 1. The number of ether oxygens (including phenoxy) is 3. The van der Waals surface area contributed by atoms with Crippen LogP contribution in [0.5, 0.6) is 17.2 Å². The van der Waals surface area contributed by atoms with Crippen molar-refractivity contribution in [1.29, 1.82) is 0 Å². The molecule has 6 heteroatoms. The quantitative estimate of drug-likeness (QED) is 0.851. The van der Waals surface area contributed by atoms with Crippen LogP contribution in [0.2, 0.25) is 0 Å². The Morgan fingerprint density at radius 2 is 1.86 bits per heavy atom. The molecule has 6 nitrogen and oxygen atoms in total. The molecule has 2 atom stereocenters. The second-order valence-corrected chi connectivity index (χ2v) is 5.63. The van der Waals surface area contributed by atoms with E-state index in [1.165, 1.54) is 0 Å². The van der Waals surface area contributed by atoms with Gasteiger partial charge in [0.1, 0.15) is 11.4 Å². The number of likely N-dealkylation sites (N-methyl/N-ethyl adjacent to an activating group) is 1. The number of amidine groups is 1. The van der Waals surface area contributed by atoms with E-state index in [1.807, 2.05) is 19.1 Å². The highest BCUT2D eigenvalue weighted by molar-refractivity contribution is 6.09. The molecule has 1 aromatic carbocycles. The molecule has 1 saturated carbocycles. The SMILES string of the molecule is COc1ccc(C2CC23N=C(C)N(C)C3=O)c(OC)c1OC. The van der Waals surface area contributed by atoms with Crippen LogP contribution in [0.3, 0.4) is 0 Å². The number of nitrogens with zero attached hydrogens (tertiary/aromatic N) is 2. The Labute approximate surface area is 129 Å². The van der Waals surface area contributed by atoms with Crippen LogP contribution in [0.15, 0.2) is 17.1 Å². The van der Waals surface area contributed by atoms with Crippen LogP contribution in [-0.4, -0.2) is 50.6 Å². The summed E-state index contributed by atoms with van der Waals surface area (Å²) in [7, 11) is 6.51. The normalized spacial score (nSPS) is 26.2. The van der Waals surface area contributed by atoms with Gasteiger partial charge in [-0.25, -0.2) is 0 Å². The summed E-state index contributed by atoms with van der Waals surface area (Å²) in [5.74, 6) is 2.57. The lowest BCUT2D eigenvalue weighted by molar-refractivity contribution is -0.127. The summed E-state index contributed by atoms with van der Waals surface area (Å²) < 4.78 is 16.2. The number of hydrogen-bond donors (Lipinski definition) is 0. The molecule has 118 valence electrons. The first-order valence-corrected chi connectivity index (χ1v) is 7.13. The average molecular weight is 304 g/mol. The number of rotatable bonds is 4. The first kappa shape index (κ1) is 14.7. The highest BCUT2D eigenvalue weighted by Crippen LogP contribution is 2.60. The number of carbonyl (C=O) groups excluding carboxylic acids is 1. The topological polar surface area (TPSA) is 60.4 Å². The third-order valence-electron chi connectivity index (χ3n) is 4.56. The Morgan fingerprint density at radius 3 is 2.36 bits per heavy atom. The van der Waals surface area contributed by atoms with Crippen molar-refractivity contribution in [3.63, 3.8) is 0 Å². The fourth-order valence-electron chi connectivity index (χ4n) is 3.23. The summed E-state index contributed by atoms with van der Waals surface area (Å²) >= 11 is 0. The maximum Gasteiger partial charge on any atom is 0.256 e. The molecule has 0 bridgehead atoms. The minimum Gasteiger partial charge on any atom is -0.493 e. The van der Waals surface area contributed by atoms with Crippen molar-refractivity contribution in [3.05, 3.63) is 17.7 Å². The third-order valence-corrected chi connectivity index (χ3v) is 4.56. The Kier molecular flexibility index (Phi) is 3.27. The van der Waals surface area contributed by atoms with Crippen LogP contribution in [0.1, 0.15) is 24.8 Å². The highest BCUT2D eigenvalue weighted by atomic mass is 16.5. The molecule has 1 spiro atoms. The fraction of sp³-hybridized carbons (Fsp3) is 0.500. The average Bonchev–Trinajstić information content (AvgIpc) is 3.21. The van der Waals surface area contributed by atoms with Crippen LogP contribution in [0.25, 0.3) is 0 Å². The molecule has 1 heterocycles. The van der Waals surface area contributed by atoms with E-state index in [0.29, 0.717) is 23.7 Å². The Hall–Kier alpha value is -2.24. The standard InChI is InChI=1S/C16H20N2O4/c1-9-17-16(15(19)18(9)2)8-11(16)10-6-7-12(20-3)14(22-5)13(10)21-4/h6-7,11H,8H2,1-5H3. The molecule has 0 radical (unpaired) electrons. The maximum atomic E-state index is 12.5. The second kappa shape index (κ2) is 4.90. The predicted octanol–water partition coefficient (Wildman–Crippen LogP) is 1.83. The maximum absolute atomic E-state index is 12.5. The number of methoxy groups -OCH3 is 3. The van der Waals surface area contributed by atoms with Gasteiger partial charge in [0, 0.05) is 18.5 Å². The smallest absolute Gasteiger partial charge is 0.256 e. The minimum absolute atomic E-state index is 0.00894. The van der Waals surface area contributed by atoms with Crippen molar-refractivity contribution >= 4 is 11.7 Å². The van der Waals surface area contributed by atoms with Crippen LogP contribution >= 0.6 is 0 Å². The fourth-order valence-corrected chi connectivity index (χ4v) is 3.23. The lowest BCUT2D eigenvalue weighted by atomic mass is 10.0. The van der Waals surface area contributed by atoms with E-state index < -0.39 is 5.54 Å². The zero-order valence-electron chi connectivity index (χ0n) is 13.5. The van der Waals surface area contributed by atoms with Gasteiger partial charge in [-0.3, -0.25) is 9.79 Å². The molecular weight excluding hydrogens is 284 g/mol. The summed E-state index contributed by atoms with van der Waals surface area (Å²) in [5, 5.41) is 0.